The lowest BCUT2D eigenvalue weighted by Crippen LogP contribution is -2.08. The van der Waals surface area contributed by atoms with Crippen molar-refractivity contribution in [2.45, 2.75) is 12.3 Å². The summed E-state index contributed by atoms with van der Waals surface area (Å²) in [5, 5.41) is 3.23. The van der Waals surface area contributed by atoms with Crippen LogP contribution in [0, 0.1) is 5.82 Å². The van der Waals surface area contributed by atoms with Crippen LogP contribution in [0.5, 0.6) is 0 Å². The van der Waals surface area contributed by atoms with Crippen molar-refractivity contribution in [3.8, 4) is 0 Å². The Bertz CT molecular complexity index is 266. The van der Waals surface area contributed by atoms with Crippen LogP contribution in [0.25, 0.3) is 0 Å². The van der Waals surface area contributed by atoms with Gasteiger partial charge in [0, 0.05) is 12.5 Å². The van der Waals surface area contributed by atoms with E-state index >= 15 is 0 Å². The standard InChI is InChI=1S/C10H12FN/c11-10-4-2-1-3-9(10)8-5-6-12-7-8/h1-4,8,12H,5-7H2/t8-/m1/s1. The summed E-state index contributed by atoms with van der Waals surface area (Å²) in [6, 6.07) is 7.05. The summed E-state index contributed by atoms with van der Waals surface area (Å²) in [6.45, 7) is 1.93. The predicted octanol–water partition coefficient (Wildman–Crippen LogP) is 1.90. The van der Waals surface area contributed by atoms with E-state index in [4.69, 9.17) is 0 Å². The third kappa shape index (κ3) is 1.34. The molecule has 0 unspecified atom stereocenters. The molecule has 2 rings (SSSR count). The number of hydrogen-bond donors (Lipinski definition) is 1. The van der Waals surface area contributed by atoms with E-state index in [2.05, 4.69) is 5.32 Å². The van der Waals surface area contributed by atoms with Crippen LogP contribution in [0.4, 0.5) is 4.39 Å². The summed E-state index contributed by atoms with van der Waals surface area (Å²) in [6.07, 6.45) is 1.06. The van der Waals surface area contributed by atoms with Crippen molar-refractivity contribution in [1.82, 2.24) is 5.32 Å². The first-order valence-corrected chi connectivity index (χ1v) is 4.33. The lowest BCUT2D eigenvalue weighted by Gasteiger charge is -2.08. The van der Waals surface area contributed by atoms with Gasteiger partial charge in [-0.2, -0.15) is 0 Å². The minimum Gasteiger partial charge on any atom is -0.316 e. The minimum absolute atomic E-state index is 0.0637. The van der Waals surface area contributed by atoms with Crippen LogP contribution >= 0.6 is 0 Å². The van der Waals surface area contributed by atoms with Crippen molar-refractivity contribution in [3.05, 3.63) is 35.6 Å². The fourth-order valence-corrected chi connectivity index (χ4v) is 1.73. The van der Waals surface area contributed by atoms with Gasteiger partial charge in [0.2, 0.25) is 0 Å². The van der Waals surface area contributed by atoms with Gasteiger partial charge in [0.15, 0.2) is 0 Å². The monoisotopic (exact) mass is 165 g/mol. The van der Waals surface area contributed by atoms with Crippen molar-refractivity contribution in [3.63, 3.8) is 0 Å². The van der Waals surface area contributed by atoms with E-state index in [9.17, 15) is 4.39 Å². The molecule has 1 N–H and O–H groups in total. The normalized spacial score (nSPS) is 22.9. The quantitative estimate of drug-likeness (QED) is 0.670. The largest absolute Gasteiger partial charge is 0.316 e. The first-order chi connectivity index (χ1) is 5.88. The maximum atomic E-state index is 13.2. The summed E-state index contributed by atoms with van der Waals surface area (Å²) in [5.74, 6) is 0.317. The van der Waals surface area contributed by atoms with Gasteiger partial charge in [-0.3, -0.25) is 0 Å². The Kier molecular flexibility index (Phi) is 2.09. The Morgan fingerprint density at radius 1 is 1.33 bits per heavy atom. The fourth-order valence-electron chi connectivity index (χ4n) is 1.73. The highest BCUT2D eigenvalue weighted by Gasteiger charge is 2.18. The average Bonchev–Trinajstić information content (AvgIpc) is 2.57. The third-order valence-electron chi connectivity index (χ3n) is 2.41. The van der Waals surface area contributed by atoms with Gasteiger partial charge in [0.25, 0.3) is 0 Å². The fraction of sp³-hybridized carbons (Fsp3) is 0.400. The topological polar surface area (TPSA) is 12.0 Å². The highest BCUT2D eigenvalue weighted by Crippen LogP contribution is 2.24. The molecule has 12 heavy (non-hydrogen) atoms. The summed E-state index contributed by atoms with van der Waals surface area (Å²) in [7, 11) is 0. The van der Waals surface area contributed by atoms with Crippen LogP contribution < -0.4 is 5.32 Å². The van der Waals surface area contributed by atoms with Crippen LogP contribution in [0.2, 0.25) is 0 Å². The maximum Gasteiger partial charge on any atom is 0.126 e. The lowest BCUT2D eigenvalue weighted by molar-refractivity contribution is 0.588. The highest BCUT2D eigenvalue weighted by atomic mass is 19.1. The Labute approximate surface area is 71.6 Å². The van der Waals surface area contributed by atoms with Gasteiger partial charge in [0.1, 0.15) is 5.82 Å². The van der Waals surface area contributed by atoms with Gasteiger partial charge >= 0.3 is 0 Å². The zero-order chi connectivity index (χ0) is 8.39. The SMILES string of the molecule is Fc1ccccc1[C@@H]1CCNC1. The molecule has 0 aromatic heterocycles. The summed E-state index contributed by atoms with van der Waals surface area (Å²) < 4.78 is 13.2. The number of rotatable bonds is 1. The Balaban J connectivity index is 2.26. The molecule has 1 atom stereocenters. The van der Waals surface area contributed by atoms with E-state index in [1.165, 1.54) is 6.07 Å². The molecular weight excluding hydrogens is 153 g/mol. The van der Waals surface area contributed by atoms with E-state index in [1.807, 2.05) is 12.1 Å². The van der Waals surface area contributed by atoms with Gasteiger partial charge in [-0.05, 0) is 24.6 Å². The molecule has 1 nitrogen and oxygen atoms in total. The zero-order valence-corrected chi connectivity index (χ0v) is 6.89. The van der Waals surface area contributed by atoms with Crippen LogP contribution in [0.3, 0.4) is 0 Å². The number of halogens is 1. The van der Waals surface area contributed by atoms with Gasteiger partial charge in [0.05, 0.1) is 0 Å². The molecule has 1 heterocycles. The zero-order valence-electron chi connectivity index (χ0n) is 6.89. The first kappa shape index (κ1) is 7.74. The van der Waals surface area contributed by atoms with E-state index in [1.54, 1.807) is 6.07 Å². The molecule has 2 heteroatoms. The molecule has 1 aliphatic rings. The van der Waals surface area contributed by atoms with Gasteiger partial charge in [-0.15, -0.1) is 0 Å². The Morgan fingerprint density at radius 2 is 2.17 bits per heavy atom. The molecule has 1 aromatic rings. The van der Waals surface area contributed by atoms with Crippen molar-refractivity contribution in [2.75, 3.05) is 13.1 Å². The van der Waals surface area contributed by atoms with Crippen LogP contribution in [-0.4, -0.2) is 13.1 Å². The predicted molar refractivity (Wildman–Crippen MR) is 46.6 cm³/mol. The Hall–Kier alpha value is -0.890. The molecule has 0 radical (unpaired) electrons. The second-order valence-electron chi connectivity index (χ2n) is 3.21. The smallest absolute Gasteiger partial charge is 0.126 e. The summed E-state index contributed by atoms with van der Waals surface area (Å²) >= 11 is 0. The number of hydrogen-bond acceptors (Lipinski definition) is 1. The molecule has 0 bridgehead atoms. The van der Waals surface area contributed by atoms with Crippen molar-refractivity contribution in [1.29, 1.82) is 0 Å². The molecule has 0 amide bonds. The van der Waals surface area contributed by atoms with E-state index in [0.717, 1.165) is 25.1 Å². The van der Waals surface area contributed by atoms with Crippen LogP contribution in [0.15, 0.2) is 24.3 Å². The van der Waals surface area contributed by atoms with Gasteiger partial charge in [-0.25, -0.2) is 4.39 Å². The number of nitrogens with one attached hydrogen (secondary N) is 1. The van der Waals surface area contributed by atoms with Crippen LogP contribution in [0.1, 0.15) is 17.9 Å². The molecule has 0 spiro atoms. The van der Waals surface area contributed by atoms with Crippen molar-refractivity contribution >= 4 is 0 Å². The highest BCUT2D eigenvalue weighted by molar-refractivity contribution is 5.22. The lowest BCUT2D eigenvalue weighted by atomic mass is 9.98. The third-order valence-corrected chi connectivity index (χ3v) is 2.41. The molecule has 1 saturated heterocycles. The second-order valence-corrected chi connectivity index (χ2v) is 3.21. The van der Waals surface area contributed by atoms with Crippen molar-refractivity contribution < 1.29 is 4.39 Å². The molecule has 1 fully saturated rings. The molecular formula is C10H12FN. The minimum atomic E-state index is -0.0637. The molecule has 0 aliphatic carbocycles. The summed E-state index contributed by atoms with van der Waals surface area (Å²) in [5.41, 5.74) is 0.863. The molecule has 1 aliphatic heterocycles. The average molecular weight is 165 g/mol. The summed E-state index contributed by atoms with van der Waals surface area (Å²) in [4.78, 5) is 0. The molecule has 64 valence electrons. The Morgan fingerprint density at radius 3 is 2.83 bits per heavy atom. The molecule has 0 saturated carbocycles. The van der Waals surface area contributed by atoms with Crippen LogP contribution in [-0.2, 0) is 0 Å². The second kappa shape index (κ2) is 3.23. The van der Waals surface area contributed by atoms with E-state index in [0.29, 0.717) is 5.92 Å². The van der Waals surface area contributed by atoms with E-state index in [-0.39, 0.29) is 5.82 Å². The van der Waals surface area contributed by atoms with Gasteiger partial charge < -0.3 is 5.32 Å². The molecule has 1 aromatic carbocycles. The maximum absolute atomic E-state index is 13.2. The first-order valence-electron chi connectivity index (χ1n) is 4.33. The van der Waals surface area contributed by atoms with Gasteiger partial charge in [-0.1, -0.05) is 18.2 Å². The van der Waals surface area contributed by atoms with E-state index < -0.39 is 0 Å². The number of benzene rings is 1. The van der Waals surface area contributed by atoms with Crippen molar-refractivity contribution in [2.24, 2.45) is 0 Å².